The predicted octanol–water partition coefficient (Wildman–Crippen LogP) is 5.28. The number of nitrogens with one attached hydrogen (secondary N) is 1. The molecule has 1 heterocycles. The maximum absolute atomic E-state index is 12.9. The second-order valence-corrected chi connectivity index (χ2v) is 10.4. The second kappa shape index (κ2) is 11.3. The van der Waals surface area contributed by atoms with Crippen LogP contribution in [-0.2, 0) is 16.1 Å². The molecule has 3 aromatic carbocycles. The highest BCUT2D eigenvalue weighted by Crippen LogP contribution is 2.36. The molecule has 208 valence electrons. The van der Waals surface area contributed by atoms with Crippen molar-refractivity contribution < 1.29 is 37.8 Å². The molecular formula is C29H27N2O8S-. The molecule has 11 heteroatoms. The van der Waals surface area contributed by atoms with E-state index in [2.05, 4.69) is 5.32 Å². The summed E-state index contributed by atoms with van der Waals surface area (Å²) in [6, 6.07) is 15.1. The van der Waals surface area contributed by atoms with Gasteiger partial charge in [-0.05, 0) is 67.3 Å². The Hall–Kier alpha value is -4.48. The van der Waals surface area contributed by atoms with Crippen LogP contribution in [0.2, 0.25) is 0 Å². The first kappa shape index (κ1) is 28.5. The Morgan fingerprint density at radius 1 is 0.975 bits per heavy atom. The van der Waals surface area contributed by atoms with E-state index in [9.17, 15) is 33.4 Å². The minimum Gasteiger partial charge on any atom is -0.755 e. The van der Waals surface area contributed by atoms with E-state index in [1.807, 2.05) is 0 Å². The number of nitrogens with zero attached hydrogens (tertiary/aromatic N) is 1. The summed E-state index contributed by atoms with van der Waals surface area (Å²) in [4.78, 5) is 36.4. The highest BCUT2D eigenvalue weighted by atomic mass is 32.2. The summed E-state index contributed by atoms with van der Waals surface area (Å²) in [6.45, 7) is 6.24. The minimum atomic E-state index is -2.79. The molecule has 2 unspecified atom stereocenters. The molecule has 1 amide bonds. The number of furan rings is 1. The fourth-order valence-electron chi connectivity index (χ4n) is 4.55. The summed E-state index contributed by atoms with van der Waals surface area (Å²) in [6.07, 6.45) is 0. The summed E-state index contributed by atoms with van der Waals surface area (Å²) in [5.41, 5.74) is 3.06. The number of benzene rings is 3. The van der Waals surface area contributed by atoms with Gasteiger partial charge in [-0.2, -0.15) is 0 Å². The topological polar surface area (TPSA) is 160 Å². The molecule has 40 heavy (non-hydrogen) atoms. The van der Waals surface area contributed by atoms with E-state index in [0.717, 1.165) is 15.4 Å². The van der Waals surface area contributed by atoms with Crippen molar-refractivity contribution in [3.8, 4) is 16.9 Å². The first-order valence-electron chi connectivity index (χ1n) is 12.3. The molecule has 3 N–H and O–H groups in total. The molecule has 0 bridgehead atoms. The van der Waals surface area contributed by atoms with Crippen LogP contribution in [-0.4, -0.2) is 42.7 Å². The van der Waals surface area contributed by atoms with Crippen molar-refractivity contribution in [1.29, 1.82) is 0 Å². The van der Waals surface area contributed by atoms with Crippen LogP contribution < -0.4 is 9.62 Å². The van der Waals surface area contributed by atoms with E-state index >= 15 is 0 Å². The maximum Gasteiger partial charge on any atom is 0.327 e. The number of carbonyl (C=O) groups excluding carboxylic acids is 2. The Bertz CT molecular complexity index is 1620. The van der Waals surface area contributed by atoms with Crippen LogP contribution in [0.3, 0.4) is 0 Å². The van der Waals surface area contributed by atoms with Crippen LogP contribution in [0, 0.1) is 12.8 Å². The average molecular weight is 564 g/mol. The quantitative estimate of drug-likeness (QED) is 0.183. The molecule has 0 aliphatic heterocycles. The lowest BCUT2D eigenvalue weighted by molar-refractivity contribution is -0.139. The van der Waals surface area contributed by atoms with Crippen LogP contribution in [0.1, 0.15) is 47.2 Å². The SMILES string of the molecule is CC(=O)c1ccc2oc(C(=O)Nc3ccc(-c4ccc(N(C(C(=O)O)C(C)C)S(=O)[O-])cc4)cc3)c(C)c2c1O. The molecule has 1 aromatic heterocycles. The van der Waals surface area contributed by atoms with Crippen LogP contribution in [0.15, 0.2) is 65.1 Å². The van der Waals surface area contributed by atoms with Crippen molar-refractivity contribution >= 4 is 51.3 Å². The molecule has 0 spiro atoms. The summed E-state index contributed by atoms with van der Waals surface area (Å²) < 4.78 is 30.2. The lowest BCUT2D eigenvalue weighted by atomic mass is 10.0. The van der Waals surface area contributed by atoms with Crippen molar-refractivity contribution in [1.82, 2.24) is 0 Å². The van der Waals surface area contributed by atoms with Gasteiger partial charge in [-0.15, -0.1) is 0 Å². The summed E-state index contributed by atoms with van der Waals surface area (Å²) >= 11 is -2.79. The number of carbonyl (C=O) groups is 3. The van der Waals surface area contributed by atoms with Crippen LogP contribution in [0.4, 0.5) is 11.4 Å². The van der Waals surface area contributed by atoms with E-state index in [0.29, 0.717) is 16.6 Å². The van der Waals surface area contributed by atoms with Crippen LogP contribution in [0.5, 0.6) is 5.75 Å². The molecule has 0 fully saturated rings. The number of hydrogen-bond donors (Lipinski definition) is 3. The van der Waals surface area contributed by atoms with Crippen molar-refractivity contribution in [2.75, 3.05) is 9.62 Å². The lowest BCUT2D eigenvalue weighted by Crippen LogP contribution is -2.45. The number of Topliss-reactive ketones (excluding diaryl/α,β-unsaturated/α-hetero) is 1. The number of hydrogen-bond acceptors (Lipinski definition) is 7. The first-order chi connectivity index (χ1) is 18.9. The van der Waals surface area contributed by atoms with Crippen molar-refractivity contribution in [2.24, 2.45) is 5.92 Å². The zero-order valence-electron chi connectivity index (χ0n) is 22.1. The van der Waals surface area contributed by atoms with Crippen molar-refractivity contribution in [2.45, 2.75) is 33.7 Å². The summed E-state index contributed by atoms with van der Waals surface area (Å²) in [5.74, 6) is -2.75. The van der Waals surface area contributed by atoms with E-state index in [4.69, 9.17) is 4.42 Å². The van der Waals surface area contributed by atoms with Crippen LogP contribution >= 0.6 is 0 Å². The highest BCUT2D eigenvalue weighted by molar-refractivity contribution is 7.80. The number of amides is 1. The van der Waals surface area contributed by atoms with E-state index in [1.165, 1.54) is 31.2 Å². The normalized spacial score (nSPS) is 12.8. The van der Waals surface area contributed by atoms with Gasteiger partial charge >= 0.3 is 5.97 Å². The fourth-order valence-corrected chi connectivity index (χ4v) is 5.36. The molecule has 0 aliphatic rings. The first-order valence-corrected chi connectivity index (χ1v) is 13.3. The fraction of sp³-hybridized carbons (Fsp3) is 0.207. The number of aliphatic carboxylic acids is 1. The predicted molar refractivity (Wildman–Crippen MR) is 150 cm³/mol. The monoisotopic (exact) mass is 563 g/mol. The molecule has 4 aromatic rings. The third-order valence-electron chi connectivity index (χ3n) is 6.55. The van der Waals surface area contributed by atoms with E-state index in [1.54, 1.807) is 57.2 Å². The number of phenolic OH excluding ortho intramolecular Hbond substituents is 1. The molecule has 4 rings (SSSR count). The Labute approximate surface area is 232 Å². The molecule has 0 saturated heterocycles. The molecule has 0 radical (unpaired) electrons. The van der Waals surface area contributed by atoms with Gasteiger partial charge in [0.1, 0.15) is 17.4 Å². The number of ketones is 1. The van der Waals surface area contributed by atoms with Gasteiger partial charge in [0.15, 0.2) is 11.5 Å². The Kier molecular flexibility index (Phi) is 8.08. The third kappa shape index (κ3) is 5.47. The van der Waals surface area contributed by atoms with Gasteiger partial charge in [-0.1, -0.05) is 38.1 Å². The maximum atomic E-state index is 12.9. The molecule has 0 aliphatic carbocycles. The van der Waals surface area contributed by atoms with Gasteiger partial charge in [0.2, 0.25) is 0 Å². The number of aromatic hydroxyl groups is 1. The Morgan fingerprint density at radius 3 is 2.05 bits per heavy atom. The Balaban J connectivity index is 1.53. The molecule has 0 saturated carbocycles. The molecule has 2 atom stereocenters. The van der Waals surface area contributed by atoms with Gasteiger partial charge in [-0.3, -0.25) is 18.1 Å². The average Bonchev–Trinajstić information content (AvgIpc) is 3.24. The summed E-state index contributed by atoms with van der Waals surface area (Å²) in [7, 11) is 0. The number of aryl methyl sites for hydroxylation is 1. The van der Waals surface area contributed by atoms with E-state index in [-0.39, 0.29) is 34.1 Å². The third-order valence-corrected chi connectivity index (χ3v) is 7.31. The molecular weight excluding hydrogens is 536 g/mol. The standard InChI is InChI=1S/C29H28N2O8S/c1-15(2)25(29(35)36)31(40(37)38)21-11-7-19(8-12-21)18-5-9-20(10-6-18)30-28(34)27-16(3)24-23(39-27)14-13-22(17(4)32)26(24)33/h5-15,25,33H,1-4H3,(H,30,34)(H,35,36)(H,37,38)/p-1. The largest absolute Gasteiger partial charge is 0.755 e. The Morgan fingerprint density at radius 2 is 1.55 bits per heavy atom. The van der Waals surface area contributed by atoms with Gasteiger partial charge < -0.3 is 24.5 Å². The van der Waals surface area contributed by atoms with Gasteiger partial charge in [0.25, 0.3) is 5.91 Å². The number of fused-ring (bicyclic) bond motifs is 1. The second-order valence-electron chi connectivity index (χ2n) is 9.60. The lowest BCUT2D eigenvalue weighted by Gasteiger charge is -2.34. The van der Waals surface area contributed by atoms with Gasteiger partial charge in [0.05, 0.1) is 10.9 Å². The number of rotatable bonds is 9. The van der Waals surface area contributed by atoms with E-state index < -0.39 is 35.1 Å². The number of phenols is 1. The van der Waals surface area contributed by atoms with Crippen LogP contribution in [0.25, 0.3) is 22.1 Å². The number of carboxylic acids is 1. The molecule has 10 nitrogen and oxygen atoms in total. The number of anilines is 2. The van der Waals surface area contributed by atoms with Crippen molar-refractivity contribution in [3.05, 3.63) is 77.6 Å². The van der Waals surface area contributed by atoms with Gasteiger partial charge in [-0.25, -0.2) is 4.79 Å². The number of carboxylic acid groups (broad SMARTS) is 1. The minimum absolute atomic E-state index is 0.00652. The highest BCUT2D eigenvalue weighted by Gasteiger charge is 2.30. The zero-order valence-corrected chi connectivity index (χ0v) is 22.9. The van der Waals surface area contributed by atoms with Gasteiger partial charge in [0, 0.05) is 28.2 Å². The van der Waals surface area contributed by atoms with Crippen molar-refractivity contribution in [3.63, 3.8) is 0 Å². The smallest absolute Gasteiger partial charge is 0.327 e. The zero-order chi connectivity index (χ0) is 29.3. The summed E-state index contributed by atoms with van der Waals surface area (Å²) in [5, 5.41) is 23.1.